The number of Topliss-reactive ketones (excluding diaryl/α,β-unsaturated/α-hetero) is 1. The molecule has 0 saturated carbocycles. The van der Waals surface area contributed by atoms with E-state index in [0.717, 1.165) is 16.7 Å². The Bertz CT molecular complexity index is 1730. The molecule has 0 aromatic heterocycles. The number of carbonyl (C=O) groups is 6. The minimum atomic E-state index is -2.59. The first kappa shape index (κ1) is 43.6. The Hall–Kier alpha value is -4.78. The van der Waals surface area contributed by atoms with Crippen LogP contribution < -0.4 is 10.6 Å². The number of hydrogen-bond donors (Lipinski definition) is 2. The molecule has 3 rings (SSSR count). The summed E-state index contributed by atoms with van der Waals surface area (Å²) in [6.45, 7) is 7.07. The van der Waals surface area contributed by atoms with Crippen LogP contribution >= 0.6 is 0 Å². The molecule has 2 N–H and O–H groups in total. The third-order valence-corrected chi connectivity index (χ3v) is 9.86. The van der Waals surface area contributed by atoms with Crippen molar-refractivity contribution in [2.24, 2.45) is 23.7 Å². The van der Waals surface area contributed by atoms with Gasteiger partial charge in [0.25, 0.3) is 0 Å². The predicted octanol–water partition coefficient (Wildman–Crippen LogP) is 4.12. The summed E-state index contributed by atoms with van der Waals surface area (Å²) in [5.41, 5.74) is 2.82. The summed E-state index contributed by atoms with van der Waals surface area (Å²) in [4.78, 5) is 80.1. The Morgan fingerprint density at radius 1 is 0.778 bits per heavy atom. The summed E-state index contributed by atoms with van der Waals surface area (Å²) in [6.07, 6.45) is 2.53. The largest absolute Gasteiger partial charge is 0.466 e. The smallest absolute Gasteiger partial charge is 0.308 e. The number of benzene rings is 2. The Labute approximate surface area is 318 Å². The molecule has 0 aliphatic heterocycles. The van der Waals surface area contributed by atoms with E-state index in [2.05, 4.69) is 16.5 Å². The fourth-order valence-corrected chi connectivity index (χ4v) is 6.85. The highest BCUT2D eigenvalue weighted by atomic mass is 32.2. The fraction of sp³-hybridized carbons (Fsp3) is 0.488. The monoisotopic (exact) mass is 766 g/mol. The Kier molecular flexibility index (Phi) is 17.1. The molecule has 294 valence electrons. The lowest BCUT2D eigenvalue weighted by Crippen LogP contribution is -2.50. The average molecular weight is 767 g/mol. The van der Waals surface area contributed by atoms with Crippen LogP contribution in [0.15, 0.2) is 66.1 Å². The van der Waals surface area contributed by atoms with Crippen molar-refractivity contribution in [2.45, 2.75) is 84.9 Å². The zero-order chi connectivity index (χ0) is 39.8. The van der Waals surface area contributed by atoms with Gasteiger partial charge in [0.2, 0.25) is 11.8 Å². The molecule has 0 bridgehead atoms. The van der Waals surface area contributed by atoms with E-state index in [4.69, 9.17) is 14.2 Å². The van der Waals surface area contributed by atoms with Crippen LogP contribution in [0.4, 0.5) is 0 Å². The number of esters is 3. The van der Waals surface area contributed by atoms with Crippen molar-refractivity contribution in [3.05, 3.63) is 82.8 Å². The molecule has 1 aliphatic carbocycles. The number of amides is 2. The van der Waals surface area contributed by atoms with Crippen molar-refractivity contribution in [3.63, 3.8) is 0 Å². The molecular weight excluding hydrogens is 713 g/mol. The molecular formula is C41H54N2O10S. The molecule has 2 aromatic rings. The van der Waals surface area contributed by atoms with Crippen LogP contribution in [0.2, 0.25) is 0 Å². The average Bonchev–Trinajstić information content (AvgIpc) is 3.54. The SMILES string of the molecule is C=S(C)(=O)/C=C/[C@H](CC(=O)OCC)NC(=O)[C@@H](CC(=O)[C@@H](NC(=O)[C@H](CC(=O)OCC)CC(=O)OCc1ccccc1)C1Cc2ccccc2C1)C(C)C. The highest BCUT2D eigenvalue weighted by Gasteiger charge is 2.39. The fourth-order valence-electron chi connectivity index (χ4n) is 6.33. The lowest BCUT2D eigenvalue weighted by Gasteiger charge is -2.29. The van der Waals surface area contributed by atoms with E-state index in [0.29, 0.717) is 12.8 Å². The number of carbonyl (C=O) groups excluding carboxylic acids is 6. The van der Waals surface area contributed by atoms with E-state index in [1.54, 1.807) is 52.0 Å². The number of nitrogens with one attached hydrogen (secondary N) is 2. The first-order valence-corrected chi connectivity index (χ1v) is 20.5. The van der Waals surface area contributed by atoms with Crippen molar-refractivity contribution in [1.82, 2.24) is 10.6 Å². The van der Waals surface area contributed by atoms with Gasteiger partial charge in [0.1, 0.15) is 6.61 Å². The normalized spacial score (nSPS) is 16.0. The van der Waals surface area contributed by atoms with Gasteiger partial charge in [-0.1, -0.05) is 74.5 Å². The number of hydrogen-bond acceptors (Lipinski definition) is 10. The third kappa shape index (κ3) is 14.6. The van der Waals surface area contributed by atoms with Crippen molar-refractivity contribution in [3.8, 4) is 0 Å². The molecule has 2 aromatic carbocycles. The van der Waals surface area contributed by atoms with Crippen molar-refractivity contribution in [2.75, 3.05) is 19.5 Å². The second-order valence-electron chi connectivity index (χ2n) is 14.0. The highest BCUT2D eigenvalue weighted by molar-refractivity contribution is 8.02. The van der Waals surface area contributed by atoms with Crippen LogP contribution in [0.25, 0.3) is 0 Å². The van der Waals surface area contributed by atoms with Crippen LogP contribution in [-0.2, 0) is 71.9 Å². The summed E-state index contributed by atoms with van der Waals surface area (Å²) in [7, 11) is -2.59. The third-order valence-electron chi connectivity index (χ3n) is 9.12. The number of ether oxygens (including phenoxy) is 3. The van der Waals surface area contributed by atoms with Gasteiger partial charge in [-0.05, 0) is 76.0 Å². The van der Waals surface area contributed by atoms with Gasteiger partial charge in [-0.3, -0.25) is 33.0 Å². The lowest BCUT2D eigenvalue weighted by atomic mass is 9.83. The molecule has 0 spiro atoms. The van der Waals surface area contributed by atoms with Gasteiger partial charge in [-0.25, -0.2) is 0 Å². The molecule has 12 nitrogen and oxygen atoms in total. The Morgan fingerprint density at radius 3 is 1.85 bits per heavy atom. The second-order valence-corrected chi connectivity index (χ2v) is 16.4. The van der Waals surface area contributed by atoms with Gasteiger partial charge in [-0.15, -0.1) is 0 Å². The topological polar surface area (TPSA) is 171 Å². The maximum absolute atomic E-state index is 14.4. The summed E-state index contributed by atoms with van der Waals surface area (Å²) in [5, 5.41) is 7.01. The molecule has 1 unspecified atom stereocenters. The molecule has 5 atom stereocenters. The second kappa shape index (κ2) is 21.2. The maximum atomic E-state index is 14.4. The van der Waals surface area contributed by atoms with Crippen LogP contribution in [0.3, 0.4) is 0 Å². The summed E-state index contributed by atoms with van der Waals surface area (Å²) >= 11 is 0. The molecule has 0 saturated heterocycles. The number of fused-ring (bicyclic) bond motifs is 1. The minimum absolute atomic E-state index is 0.0172. The quantitative estimate of drug-likeness (QED) is 0.107. The number of rotatable bonds is 21. The van der Waals surface area contributed by atoms with Gasteiger partial charge in [-0.2, -0.15) is 0 Å². The van der Waals surface area contributed by atoms with Gasteiger partial charge >= 0.3 is 17.9 Å². The lowest BCUT2D eigenvalue weighted by molar-refractivity contribution is -0.151. The molecule has 0 heterocycles. The zero-order valence-corrected chi connectivity index (χ0v) is 32.7. The van der Waals surface area contributed by atoms with Gasteiger partial charge < -0.3 is 24.8 Å². The molecule has 2 amide bonds. The molecule has 13 heteroatoms. The molecule has 0 fully saturated rings. The van der Waals surface area contributed by atoms with E-state index < -0.39 is 81.8 Å². The summed E-state index contributed by atoms with van der Waals surface area (Å²) < 4.78 is 27.9. The maximum Gasteiger partial charge on any atom is 0.308 e. The molecule has 0 radical (unpaired) electrons. The van der Waals surface area contributed by atoms with Gasteiger partial charge in [0.15, 0.2) is 5.78 Å². The van der Waals surface area contributed by atoms with Crippen LogP contribution in [-0.4, -0.2) is 77.1 Å². The van der Waals surface area contributed by atoms with Crippen molar-refractivity contribution >= 4 is 50.9 Å². The first-order chi connectivity index (χ1) is 25.6. The van der Waals surface area contributed by atoms with Gasteiger partial charge in [0.05, 0.1) is 50.5 Å². The molecule has 1 aliphatic rings. The van der Waals surface area contributed by atoms with E-state index in [1.165, 1.54) is 17.7 Å². The summed E-state index contributed by atoms with van der Waals surface area (Å²) in [6, 6.07) is 14.8. The van der Waals surface area contributed by atoms with E-state index in [1.807, 2.05) is 30.3 Å². The molecule has 54 heavy (non-hydrogen) atoms. The van der Waals surface area contributed by atoms with Crippen LogP contribution in [0.5, 0.6) is 0 Å². The highest BCUT2D eigenvalue weighted by Crippen LogP contribution is 2.31. The van der Waals surface area contributed by atoms with E-state index >= 15 is 0 Å². The Morgan fingerprint density at radius 2 is 1.31 bits per heavy atom. The van der Waals surface area contributed by atoms with Crippen LogP contribution in [0, 0.1) is 23.7 Å². The van der Waals surface area contributed by atoms with Crippen LogP contribution in [0.1, 0.15) is 70.1 Å². The van der Waals surface area contributed by atoms with E-state index in [-0.39, 0.29) is 44.5 Å². The predicted molar refractivity (Wildman–Crippen MR) is 206 cm³/mol. The first-order valence-electron chi connectivity index (χ1n) is 18.3. The standard InChI is InChI=1S/C41H54N2O10S/c1-7-51-36(45)22-32(23-37(46)53-26-28-14-10-9-11-15-28)40(48)43-39(31-20-29-16-12-13-17-30(29)21-31)35(44)25-34(27(3)4)41(49)42-33(18-19-54(5,6)50)24-38(47)52-8-2/h9-19,27,31-34,39H,5,7-8,20-26H2,1-4,6H3,(H,42,49)(H,43,48)/b19-18+/t32-,33-,34+,39+,54?/m1/s1. The Balaban J connectivity index is 1.87. The van der Waals surface area contributed by atoms with Crippen molar-refractivity contribution in [1.29, 1.82) is 0 Å². The van der Waals surface area contributed by atoms with Gasteiger partial charge in [0, 0.05) is 18.6 Å². The van der Waals surface area contributed by atoms with E-state index in [9.17, 15) is 33.0 Å². The zero-order valence-electron chi connectivity index (χ0n) is 31.9. The summed E-state index contributed by atoms with van der Waals surface area (Å²) in [5.74, 6) is -2.69. The van der Waals surface area contributed by atoms with Crippen molar-refractivity contribution < 1.29 is 47.2 Å². The number of ketones is 1. The minimum Gasteiger partial charge on any atom is -0.466 e.